The second-order valence-electron chi connectivity index (χ2n) is 3.95. The van der Waals surface area contributed by atoms with Gasteiger partial charge in [-0.2, -0.15) is 14.0 Å². The molecular weight excluding hydrogens is 293 g/mol. The fourth-order valence-corrected chi connectivity index (χ4v) is 2.60. The van der Waals surface area contributed by atoms with Gasteiger partial charge < -0.3 is 5.11 Å². The zero-order valence-electron chi connectivity index (χ0n) is 10.1. The highest BCUT2D eigenvalue weighted by Crippen LogP contribution is 2.34. The smallest absolute Gasteiger partial charge is 0.234 e. The number of phenolic OH excluding ortho intramolecular Hbond substituents is 1. The highest BCUT2D eigenvalue weighted by atomic mass is 32.1. The van der Waals surface area contributed by atoms with Crippen LogP contribution in [0.2, 0.25) is 0 Å². The van der Waals surface area contributed by atoms with Crippen molar-refractivity contribution >= 4 is 16.3 Å². The summed E-state index contributed by atoms with van der Waals surface area (Å²) in [4.78, 5) is 0.403. The molecule has 1 aromatic carbocycles. The van der Waals surface area contributed by atoms with E-state index in [1.165, 1.54) is 4.52 Å². The molecule has 0 aliphatic heterocycles. The van der Waals surface area contributed by atoms with Crippen LogP contribution in [0, 0.1) is 17.5 Å². The van der Waals surface area contributed by atoms with Crippen LogP contribution in [-0.2, 0) is 6.42 Å². The molecule has 0 atom stereocenters. The number of hydrogen-bond acceptors (Lipinski definition) is 5. The van der Waals surface area contributed by atoms with Crippen molar-refractivity contribution in [2.75, 3.05) is 0 Å². The van der Waals surface area contributed by atoms with Gasteiger partial charge in [0.1, 0.15) is 0 Å². The molecule has 0 bridgehead atoms. The Morgan fingerprint density at radius 3 is 2.70 bits per heavy atom. The Labute approximate surface area is 114 Å². The van der Waals surface area contributed by atoms with Crippen molar-refractivity contribution in [1.29, 1.82) is 0 Å². The van der Waals surface area contributed by atoms with E-state index in [1.807, 2.05) is 6.92 Å². The molecule has 0 saturated carbocycles. The molecule has 0 amide bonds. The first kappa shape index (κ1) is 12.9. The normalized spacial score (nSPS) is 11.4. The first-order valence-electron chi connectivity index (χ1n) is 5.60. The average Bonchev–Trinajstić information content (AvgIpc) is 3.00. The third-order valence-electron chi connectivity index (χ3n) is 2.74. The Morgan fingerprint density at radius 2 is 2.00 bits per heavy atom. The predicted octanol–water partition coefficient (Wildman–Crippen LogP) is 2.54. The lowest BCUT2D eigenvalue weighted by molar-refractivity contribution is 0.377. The van der Waals surface area contributed by atoms with Crippen molar-refractivity contribution in [1.82, 2.24) is 19.8 Å². The molecule has 3 aromatic rings. The molecule has 0 aliphatic rings. The van der Waals surface area contributed by atoms with Gasteiger partial charge in [0, 0.05) is 6.42 Å². The van der Waals surface area contributed by atoms with Gasteiger partial charge in [-0.1, -0.05) is 18.3 Å². The van der Waals surface area contributed by atoms with Gasteiger partial charge in [-0.3, -0.25) is 0 Å². The minimum Gasteiger partial charge on any atom is -0.503 e. The zero-order chi connectivity index (χ0) is 14.4. The summed E-state index contributed by atoms with van der Waals surface area (Å²) in [6.07, 6.45) is 0.565. The van der Waals surface area contributed by atoms with E-state index in [4.69, 9.17) is 0 Å². The number of aryl methyl sites for hydroxylation is 1. The molecule has 5 nitrogen and oxygen atoms in total. The topological polar surface area (TPSA) is 63.3 Å². The quantitative estimate of drug-likeness (QED) is 0.739. The third kappa shape index (κ3) is 1.73. The van der Waals surface area contributed by atoms with Crippen LogP contribution in [0.25, 0.3) is 15.5 Å². The van der Waals surface area contributed by atoms with Gasteiger partial charge in [-0.15, -0.1) is 10.2 Å². The number of aromatic hydroxyl groups is 1. The monoisotopic (exact) mass is 300 g/mol. The Morgan fingerprint density at radius 1 is 1.25 bits per heavy atom. The predicted molar refractivity (Wildman–Crippen MR) is 65.0 cm³/mol. The van der Waals surface area contributed by atoms with E-state index < -0.39 is 23.2 Å². The summed E-state index contributed by atoms with van der Waals surface area (Å²) in [5, 5.41) is 21.1. The van der Waals surface area contributed by atoms with Crippen LogP contribution >= 0.6 is 11.3 Å². The Hall–Kier alpha value is -2.16. The van der Waals surface area contributed by atoms with Crippen LogP contribution in [0.5, 0.6) is 5.75 Å². The number of fused-ring (bicyclic) bond motifs is 1. The third-order valence-corrected chi connectivity index (χ3v) is 3.67. The van der Waals surface area contributed by atoms with Gasteiger partial charge in [-0.25, -0.2) is 8.78 Å². The maximum absolute atomic E-state index is 13.8. The van der Waals surface area contributed by atoms with Crippen LogP contribution < -0.4 is 0 Å². The van der Waals surface area contributed by atoms with Gasteiger partial charge in [-0.05, 0) is 6.07 Å². The molecule has 9 heteroatoms. The average molecular weight is 300 g/mol. The van der Waals surface area contributed by atoms with E-state index in [2.05, 4.69) is 15.3 Å². The first-order valence-corrected chi connectivity index (χ1v) is 6.42. The summed E-state index contributed by atoms with van der Waals surface area (Å²) in [6.45, 7) is 1.85. The van der Waals surface area contributed by atoms with E-state index in [9.17, 15) is 18.3 Å². The van der Waals surface area contributed by atoms with E-state index >= 15 is 0 Å². The molecule has 3 rings (SSSR count). The maximum Gasteiger partial charge on any atom is 0.234 e. The molecule has 0 fully saturated rings. The molecule has 0 saturated heterocycles. The number of halogens is 3. The number of nitrogens with zero attached hydrogens (tertiary/aromatic N) is 4. The molecule has 20 heavy (non-hydrogen) atoms. The van der Waals surface area contributed by atoms with Crippen molar-refractivity contribution in [3.05, 3.63) is 29.3 Å². The van der Waals surface area contributed by atoms with Crippen LogP contribution in [0.3, 0.4) is 0 Å². The van der Waals surface area contributed by atoms with E-state index in [1.54, 1.807) is 0 Å². The summed E-state index contributed by atoms with van der Waals surface area (Å²) >= 11 is 0.962. The summed E-state index contributed by atoms with van der Waals surface area (Å²) < 4.78 is 41.5. The molecule has 1 N–H and O–H groups in total. The fraction of sp³-hybridized carbons (Fsp3) is 0.182. The Bertz CT molecular complexity index is 814. The molecule has 0 radical (unpaired) electrons. The van der Waals surface area contributed by atoms with Crippen LogP contribution in [0.15, 0.2) is 6.07 Å². The summed E-state index contributed by atoms with van der Waals surface area (Å²) in [5.41, 5.74) is -0.320. The van der Waals surface area contributed by atoms with E-state index in [-0.39, 0.29) is 10.6 Å². The highest BCUT2D eigenvalue weighted by molar-refractivity contribution is 7.19. The Balaban J connectivity index is 2.23. The zero-order valence-corrected chi connectivity index (χ0v) is 10.9. The van der Waals surface area contributed by atoms with Crippen molar-refractivity contribution in [2.45, 2.75) is 13.3 Å². The van der Waals surface area contributed by atoms with E-state index in [0.29, 0.717) is 23.3 Å². The standard InChI is InChI=1S/C11H7F3N4OS/c1-2-6-15-16-11-18(6)17-10(20-11)4-3-5(12)8(14)9(19)7(4)13/h3,19H,2H2,1H3. The molecule has 2 aromatic heterocycles. The molecule has 2 heterocycles. The molecule has 0 aliphatic carbocycles. The summed E-state index contributed by atoms with van der Waals surface area (Å²) in [7, 11) is 0. The lowest BCUT2D eigenvalue weighted by Gasteiger charge is -2.03. The molecule has 104 valence electrons. The highest BCUT2D eigenvalue weighted by Gasteiger charge is 2.22. The lowest BCUT2D eigenvalue weighted by atomic mass is 10.2. The van der Waals surface area contributed by atoms with Crippen LogP contribution in [0.1, 0.15) is 12.7 Å². The number of aromatic nitrogens is 4. The second kappa shape index (κ2) is 4.44. The van der Waals surface area contributed by atoms with Gasteiger partial charge in [0.15, 0.2) is 28.2 Å². The van der Waals surface area contributed by atoms with Gasteiger partial charge >= 0.3 is 0 Å². The minimum atomic E-state index is -1.62. The van der Waals surface area contributed by atoms with Crippen molar-refractivity contribution in [3.8, 4) is 16.3 Å². The fourth-order valence-electron chi connectivity index (χ4n) is 1.73. The number of rotatable bonds is 2. The first-order chi connectivity index (χ1) is 9.52. The van der Waals surface area contributed by atoms with Gasteiger partial charge in [0.2, 0.25) is 10.8 Å². The van der Waals surface area contributed by atoms with Crippen molar-refractivity contribution in [3.63, 3.8) is 0 Å². The molecule has 0 spiro atoms. The van der Waals surface area contributed by atoms with Crippen LogP contribution in [-0.4, -0.2) is 24.9 Å². The van der Waals surface area contributed by atoms with Gasteiger partial charge in [0.05, 0.1) is 5.56 Å². The summed E-state index contributed by atoms with van der Waals surface area (Å²) in [6, 6.07) is 0.654. The van der Waals surface area contributed by atoms with E-state index in [0.717, 1.165) is 11.3 Å². The maximum atomic E-state index is 13.8. The van der Waals surface area contributed by atoms with Crippen molar-refractivity contribution < 1.29 is 18.3 Å². The van der Waals surface area contributed by atoms with Crippen molar-refractivity contribution in [2.24, 2.45) is 0 Å². The SMILES string of the molecule is CCc1nnc2sc(-c3cc(F)c(F)c(O)c3F)nn12. The number of hydrogen-bond donors (Lipinski definition) is 1. The lowest BCUT2D eigenvalue weighted by Crippen LogP contribution is -1.96. The van der Waals surface area contributed by atoms with Crippen LogP contribution in [0.4, 0.5) is 13.2 Å². The number of benzene rings is 1. The van der Waals surface area contributed by atoms with Gasteiger partial charge in [0.25, 0.3) is 0 Å². The largest absolute Gasteiger partial charge is 0.503 e. The Kier molecular flexibility index (Phi) is 2.85. The molecule has 0 unspecified atom stereocenters. The summed E-state index contributed by atoms with van der Waals surface area (Å²) in [5.74, 6) is -5.02. The minimum absolute atomic E-state index is 0.0799. The molecular formula is C11H7F3N4OS. The second-order valence-corrected chi connectivity index (χ2v) is 4.91. The number of phenols is 1.